The molecule has 7 nitrogen and oxygen atoms in total. The second-order valence-electron chi connectivity index (χ2n) is 6.80. The largest absolute Gasteiger partial charge is 0.477 e. The van der Waals surface area contributed by atoms with Crippen LogP contribution in [-0.2, 0) is 10.2 Å². The number of nitrogens with two attached hydrogens (primary N) is 1. The number of pyridine rings is 1. The first kappa shape index (κ1) is 21.0. The summed E-state index contributed by atoms with van der Waals surface area (Å²) < 4.78 is 98.6. The fourth-order valence-corrected chi connectivity index (χ4v) is 4.25. The molecule has 1 aliphatic heterocycles. The zero-order valence-electron chi connectivity index (χ0n) is 14.5. The fraction of sp³-hybridized carbons (Fsp3) is 0.667. The van der Waals surface area contributed by atoms with Crippen molar-refractivity contribution in [2.45, 2.75) is 24.9 Å². The van der Waals surface area contributed by atoms with Crippen LogP contribution in [0.4, 0.5) is 22.0 Å². The minimum absolute atomic E-state index is 0.0629. The molecule has 1 unspecified atom stereocenters. The van der Waals surface area contributed by atoms with E-state index in [0.717, 1.165) is 4.31 Å². The lowest BCUT2D eigenvalue weighted by Crippen LogP contribution is -2.44. The zero-order chi connectivity index (χ0) is 20.8. The third-order valence-corrected chi connectivity index (χ3v) is 6.22. The van der Waals surface area contributed by atoms with E-state index in [4.69, 9.17) is 9.88 Å². The van der Waals surface area contributed by atoms with Gasteiger partial charge in [0.2, 0.25) is 11.8 Å². The van der Waals surface area contributed by atoms with Crippen molar-refractivity contribution >= 4 is 10.2 Å². The van der Waals surface area contributed by atoms with Gasteiger partial charge in [-0.05, 0) is 12.8 Å². The van der Waals surface area contributed by atoms with Crippen LogP contribution in [0.25, 0.3) is 0 Å². The van der Waals surface area contributed by atoms with Gasteiger partial charge in [-0.15, -0.1) is 0 Å². The molecular formula is C15H18F5N3O4S. The molecule has 0 bridgehead atoms. The van der Waals surface area contributed by atoms with Crippen molar-refractivity contribution in [3.63, 3.8) is 0 Å². The van der Waals surface area contributed by atoms with Gasteiger partial charge in [0.25, 0.3) is 16.1 Å². The maximum Gasteiger partial charge on any atom is 0.422 e. The third kappa shape index (κ3) is 4.15. The standard InChI is InChI=1S/C15H18F5N3O4S/c16-14(17,18)9-27-12-3-1-2-11(22-12)26-8-10-13(15(10,19)20)4-6-23(7-5-13)28(21,24)25/h1-3,10H,4-9H2,(H2,21,24,25). The van der Waals surface area contributed by atoms with Gasteiger partial charge < -0.3 is 9.47 Å². The van der Waals surface area contributed by atoms with Crippen LogP contribution in [0.2, 0.25) is 0 Å². The summed E-state index contributed by atoms with van der Waals surface area (Å²) in [5.41, 5.74) is -1.38. The normalized spacial score (nSPS) is 24.1. The molecule has 1 atom stereocenters. The predicted molar refractivity (Wildman–Crippen MR) is 86.1 cm³/mol. The van der Waals surface area contributed by atoms with Crippen molar-refractivity contribution in [3.8, 4) is 11.8 Å². The molecule has 1 spiro atoms. The molecular weight excluding hydrogens is 413 g/mol. The van der Waals surface area contributed by atoms with E-state index in [2.05, 4.69) is 9.72 Å². The third-order valence-electron chi connectivity index (χ3n) is 5.14. The Morgan fingerprint density at radius 1 is 1.18 bits per heavy atom. The van der Waals surface area contributed by atoms with Crippen molar-refractivity contribution in [2.24, 2.45) is 16.5 Å². The van der Waals surface area contributed by atoms with Crippen LogP contribution in [0.5, 0.6) is 11.8 Å². The lowest BCUT2D eigenvalue weighted by Gasteiger charge is -2.30. The molecule has 158 valence electrons. The van der Waals surface area contributed by atoms with Gasteiger partial charge in [-0.1, -0.05) is 6.07 Å². The molecule has 28 heavy (non-hydrogen) atoms. The van der Waals surface area contributed by atoms with E-state index in [-0.39, 0.29) is 37.7 Å². The van der Waals surface area contributed by atoms with E-state index >= 15 is 0 Å². The summed E-state index contributed by atoms with van der Waals surface area (Å²) in [6.07, 6.45) is -4.66. The fourth-order valence-electron chi connectivity index (χ4n) is 3.56. The molecule has 0 aromatic carbocycles. The van der Waals surface area contributed by atoms with Gasteiger partial charge in [0.1, 0.15) is 0 Å². The molecule has 0 amide bonds. The Morgan fingerprint density at radius 3 is 2.29 bits per heavy atom. The van der Waals surface area contributed by atoms with Crippen LogP contribution >= 0.6 is 0 Å². The maximum absolute atomic E-state index is 14.3. The van der Waals surface area contributed by atoms with E-state index in [1.165, 1.54) is 18.2 Å². The Labute approximate surface area is 157 Å². The smallest absolute Gasteiger partial charge is 0.422 e. The van der Waals surface area contributed by atoms with Crippen LogP contribution in [0.3, 0.4) is 0 Å². The van der Waals surface area contributed by atoms with Gasteiger partial charge in [0.15, 0.2) is 6.61 Å². The van der Waals surface area contributed by atoms with Crippen LogP contribution in [0.1, 0.15) is 12.8 Å². The average molecular weight is 431 g/mol. The van der Waals surface area contributed by atoms with Gasteiger partial charge in [-0.25, -0.2) is 13.9 Å². The van der Waals surface area contributed by atoms with Crippen molar-refractivity contribution < 1.29 is 39.8 Å². The van der Waals surface area contributed by atoms with Gasteiger partial charge in [0.05, 0.1) is 12.5 Å². The minimum Gasteiger partial charge on any atom is -0.477 e. The lowest BCUT2D eigenvalue weighted by molar-refractivity contribution is -0.154. The Morgan fingerprint density at radius 2 is 1.75 bits per heavy atom. The molecule has 2 N–H and O–H groups in total. The molecule has 3 rings (SSSR count). The van der Waals surface area contributed by atoms with E-state index in [1.807, 2.05) is 0 Å². The predicted octanol–water partition coefficient (Wildman–Crippen LogP) is 1.95. The van der Waals surface area contributed by atoms with Crippen molar-refractivity contribution in [1.29, 1.82) is 0 Å². The number of rotatable bonds is 6. The maximum atomic E-state index is 14.3. The first-order valence-corrected chi connectivity index (χ1v) is 9.81. The minimum atomic E-state index is -4.53. The monoisotopic (exact) mass is 431 g/mol. The van der Waals surface area contributed by atoms with Crippen LogP contribution in [0.15, 0.2) is 18.2 Å². The Hall–Kier alpha value is -1.73. The van der Waals surface area contributed by atoms with Crippen LogP contribution in [-0.4, -0.2) is 56.1 Å². The number of halogens is 5. The number of hydrogen-bond acceptors (Lipinski definition) is 5. The summed E-state index contributed by atoms with van der Waals surface area (Å²) in [5, 5.41) is 5.02. The topological polar surface area (TPSA) is 94.8 Å². The molecule has 1 aromatic heterocycles. The number of aromatic nitrogens is 1. The second-order valence-corrected chi connectivity index (χ2v) is 8.35. The van der Waals surface area contributed by atoms with Gasteiger partial charge in [-0.3, -0.25) is 0 Å². The molecule has 2 fully saturated rings. The quantitative estimate of drug-likeness (QED) is 0.695. The first-order chi connectivity index (χ1) is 12.9. The highest BCUT2D eigenvalue weighted by atomic mass is 32.2. The van der Waals surface area contributed by atoms with Gasteiger partial charge in [0, 0.05) is 30.6 Å². The van der Waals surface area contributed by atoms with Crippen molar-refractivity contribution in [1.82, 2.24) is 9.29 Å². The highest BCUT2D eigenvalue weighted by molar-refractivity contribution is 7.86. The Kier molecular flexibility index (Phi) is 5.21. The molecule has 1 aliphatic carbocycles. The van der Waals surface area contributed by atoms with E-state index in [9.17, 15) is 30.4 Å². The Bertz CT molecular complexity index is 825. The van der Waals surface area contributed by atoms with Gasteiger partial charge in [-0.2, -0.15) is 30.9 Å². The lowest BCUT2D eigenvalue weighted by atomic mass is 9.91. The molecule has 2 heterocycles. The van der Waals surface area contributed by atoms with E-state index in [0.29, 0.717) is 0 Å². The summed E-state index contributed by atoms with van der Waals surface area (Å²) in [7, 11) is -3.93. The number of hydrogen-bond donors (Lipinski definition) is 1. The number of alkyl halides is 5. The molecule has 0 radical (unpaired) electrons. The highest BCUT2D eigenvalue weighted by Gasteiger charge is 2.80. The van der Waals surface area contributed by atoms with Crippen molar-refractivity contribution in [2.75, 3.05) is 26.3 Å². The Balaban J connectivity index is 1.58. The SMILES string of the molecule is NS(=O)(=O)N1CCC2(CC1)C(COc1cccc(OCC(F)(F)F)n1)C2(F)F. The molecule has 1 saturated heterocycles. The van der Waals surface area contributed by atoms with Crippen LogP contribution < -0.4 is 14.6 Å². The number of ether oxygens (including phenoxy) is 2. The molecule has 1 saturated carbocycles. The summed E-state index contributed by atoms with van der Waals surface area (Å²) >= 11 is 0. The van der Waals surface area contributed by atoms with E-state index < -0.39 is 46.9 Å². The summed E-state index contributed by atoms with van der Waals surface area (Å²) in [5.74, 6) is -4.67. The second kappa shape index (κ2) is 6.95. The summed E-state index contributed by atoms with van der Waals surface area (Å²) in [6.45, 7) is -2.15. The van der Waals surface area contributed by atoms with E-state index in [1.54, 1.807) is 0 Å². The molecule has 1 aromatic rings. The highest BCUT2D eigenvalue weighted by Crippen LogP contribution is 2.70. The van der Waals surface area contributed by atoms with Gasteiger partial charge >= 0.3 is 6.18 Å². The molecule has 13 heteroatoms. The first-order valence-electron chi connectivity index (χ1n) is 8.30. The number of nitrogens with zero attached hydrogens (tertiary/aromatic N) is 2. The van der Waals surface area contributed by atoms with Crippen molar-refractivity contribution in [3.05, 3.63) is 18.2 Å². The average Bonchev–Trinajstić information content (AvgIpc) is 3.03. The zero-order valence-corrected chi connectivity index (χ0v) is 15.3. The number of piperidine rings is 1. The van der Waals surface area contributed by atoms with Crippen LogP contribution in [0, 0.1) is 11.3 Å². The summed E-state index contributed by atoms with van der Waals surface area (Å²) in [4.78, 5) is 3.71. The summed E-state index contributed by atoms with van der Waals surface area (Å²) in [6, 6.07) is 3.84. The molecule has 2 aliphatic rings.